The Bertz CT molecular complexity index is 969. The lowest BCUT2D eigenvalue weighted by molar-refractivity contribution is -0.143. The molecule has 1 heterocycles. The molecule has 1 fully saturated rings. The van der Waals surface area contributed by atoms with E-state index in [0.29, 0.717) is 24.3 Å². The fourth-order valence-corrected chi connectivity index (χ4v) is 3.39. The van der Waals surface area contributed by atoms with Crippen molar-refractivity contribution in [3.8, 4) is 16.9 Å². The summed E-state index contributed by atoms with van der Waals surface area (Å²) in [5.41, 5.74) is 2.18. The molecule has 162 valence electrons. The van der Waals surface area contributed by atoms with Gasteiger partial charge in [0, 0.05) is 5.56 Å². The molecule has 1 aliphatic rings. The lowest BCUT2D eigenvalue weighted by atomic mass is 10.0. The number of esters is 2. The lowest BCUT2D eigenvalue weighted by Crippen LogP contribution is -2.31. The van der Waals surface area contributed by atoms with Gasteiger partial charge in [0.1, 0.15) is 18.1 Å². The predicted octanol–water partition coefficient (Wildman–Crippen LogP) is 2.34. The van der Waals surface area contributed by atoms with Crippen molar-refractivity contribution in [1.29, 1.82) is 5.41 Å². The molecule has 3 rings (SSSR count). The standard InChI is InChI=1S/C23H24N2O6/c1-29-20(26)12-17-11-18(25-22(17)27)13-31-19-9-7-15(8-10-19)14-3-5-16(6-4-14)21(24)23(28)30-2/h3-10,17-18,24H,11-13H2,1-2H3,(H,25,27)/t17-,18-/m0/s1. The van der Waals surface area contributed by atoms with Gasteiger partial charge < -0.3 is 19.5 Å². The molecule has 0 aliphatic carbocycles. The van der Waals surface area contributed by atoms with Gasteiger partial charge in [0.15, 0.2) is 0 Å². The quantitative estimate of drug-likeness (QED) is 0.497. The highest BCUT2D eigenvalue weighted by Crippen LogP contribution is 2.24. The summed E-state index contributed by atoms with van der Waals surface area (Å²) < 4.78 is 15.0. The van der Waals surface area contributed by atoms with Gasteiger partial charge >= 0.3 is 11.9 Å². The van der Waals surface area contributed by atoms with E-state index in [2.05, 4.69) is 14.8 Å². The molecule has 0 unspecified atom stereocenters. The number of carbonyl (C=O) groups excluding carboxylic acids is 3. The SMILES string of the molecule is COC(=O)C[C@@H]1C[C@@H](COc2ccc(-c3ccc(C(=N)C(=O)OC)cc3)cc2)NC1=O. The van der Waals surface area contributed by atoms with E-state index in [9.17, 15) is 14.4 Å². The third kappa shape index (κ3) is 5.48. The Balaban J connectivity index is 1.55. The van der Waals surface area contributed by atoms with Crippen LogP contribution >= 0.6 is 0 Å². The molecule has 2 N–H and O–H groups in total. The van der Waals surface area contributed by atoms with Gasteiger partial charge in [-0.05, 0) is 29.7 Å². The van der Waals surface area contributed by atoms with Crippen molar-refractivity contribution in [3.05, 3.63) is 54.1 Å². The zero-order valence-corrected chi connectivity index (χ0v) is 17.3. The molecule has 8 heteroatoms. The van der Waals surface area contributed by atoms with Crippen LogP contribution in [-0.2, 0) is 23.9 Å². The predicted molar refractivity (Wildman–Crippen MR) is 113 cm³/mol. The van der Waals surface area contributed by atoms with Crippen LogP contribution in [0.4, 0.5) is 0 Å². The van der Waals surface area contributed by atoms with E-state index < -0.39 is 11.9 Å². The van der Waals surface area contributed by atoms with Gasteiger partial charge in [0.05, 0.1) is 32.6 Å². The molecular formula is C23H24N2O6. The monoisotopic (exact) mass is 424 g/mol. The van der Waals surface area contributed by atoms with Gasteiger partial charge in [-0.25, -0.2) is 4.79 Å². The minimum Gasteiger partial charge on any atom is -0.491 e. The molecule has 1 amide bonds. The number of benzene rings is 2. The van der Waals surface area contributed by atoms with Crippen molar-refractivity contribution in [3.63, 3.8) is 0 Å². The van der Waals surface area contributed by atoms with Crippen molar-refractivity contribution in [2.45, 2.75) is 18.9 Å². The number of methoxy groups -OCH3 is 2. The Hall–Kier alpha value is -3.68. The van der Waals surface area contributed by atoms with Crippen LogP contribution in [0.3, 0.4) is 0 Å². The second-order valence-electron chi connectivity index (χ2n) is 7.20. The number of nitrogens with one attached hydrogen (secondary N) is 2. The minimum absolute atomic E-state index is 0.0748. The van der Waals surface area contributed by atoms with Crippen molar-refractivity contribution in [2.24, 2.45) is 5.92 Å². The highest BCUT2D eigenvalue weighted by atomic mass is 16.5. The normalized spacial score (nSPS) is 17.5. The number of amides is 1. The second kappa shape index (κ2) is 9.88. The summed E-state index contributed by atoms with van der Waals surface area (Å²) in [7, 11) is 2.55. The largest absolute Gasteiger partial charge is 0.491 e. The van der Waals surface area contributed by atoms with Crippen LogP contribution in [0.25, 0.3) is 11.1 Å². The summed E-state index contributed by atoms with van der Waals surface area (Å²) in [6.45, 7) is 0.313. The van der Waals surface area contributed by atoms with Gasteiger partial charge in [-0.15, -0.1) is 0 Å². The molecule has 0 saturated carbocycles. The first-order valence-corrected chi connectivity index (χ1v) is 9.79. The topological polar surface area (TPSA) is 115 Å². The van der Waals surface area contributed by atoms with Gasteiger partial charge in [0.2, 0.25) is 5.91 Å². The van der Waals surface area contributed by atoms with Crippen LogP contribution in [0.15, 0.2) is 48.5 Å². The van der Waals surface area contributed by atoms with Crippen LogP contribution < -0.4 is 10.1 Å². The molecule has 0 spiro atoms. The van der Waals surface area contributed by atoms with E-state index in [-0.39, 0.29) is 30.0 Å². The van der Waals surface area contributed by atoms with E-state index in [1.54, 1.807) is 12.1 Å². The summed E-state index contributed by atoms with van der Waals surface area (Å²) in [4.78, 5) is 34.8. The molecule has 1 aliphatic heterocycles. The first-order chi connectivity index (χ1) is 14.9. The Kier molecular flexibility index (Phi) is 7.02. The first kappa shape index (κ1) is 22.0. The Labute approximate surface area is 180 Å². The highest BCUT2D eigenvalue weighted by molar-refractivity contribution is 6.41. The summed E-state index contributed by atoms with van der Waals surface area (Å²) in [6.07, 6.45) is 0.602. The Morgan fingerprint density at radius 1 is 1.00 bits per heavy atom. The molecule has 2 atom stereocenters. The third-order valence-corrected chi connectivity index (χ3v) is 5.13. The van der Waals surface area contributed by atoms with Crippen LogP contribution in [0.2, 0.25) is 0 Å². The van der Waals surface area contributed by atoms with Crippen LogP contribution in [-0.4, -0.2) is 50.4 Å². The maximum Gasteiger partial charge on any atom is 0.356 e. The molecule has 2 aromatic carbocycles. The molecule has 31 heavy (non-hydrogen) atoms. The summed E-state index contributed by atoms with van der Waals surface area (Å²) in [5, 5.41) is 10.6. The summed E-state index contributed by atoms with van der Waals surface area (Å²) in [6, 6.07) is 14.4. The number of carbonyl (C=O) groups is 3. The summed E-state index contributed by atoms with van der Waals surface area (Å²) >= 11 is 0. The Morgan fingerprint density at radius 2 is 1.61 bits per heavy atom. The van der Waals surface area contributed by atoms with Crippen molar-refractivity contribution < 1.29 is 28.6 Å². The maximum absolute atomic E-state index is 12.0. The molecule has 1 saturated heterocycles. The first-order valence-electron chi connectivity index (χ1n) is 9.79. The number of rotatable bonds is 8. The van der Waals surface area contributed by atoms with Crippen molar-refractivity contribution in [1.82, 2.24) is 5.32 Å². The highest BCUT2D eigenvalue weighted by Gasteiger charge is 2.34. The molecule has 0 radical (unpaired) electrons. The second-order valence-corrected chi connectivity index (χ2v) is 7.20. The van der Waals surface area contributed by atoms with E-state index in [1.807, 2.05) is 36.4 Å². The van der Waals surface area contributed by atoms with Gasteiger partial charge in [-0.1, -0.05) is 36.4 Å². The molecule has 0 aromatic heterocycles. The third-order valence-electron chi connectivity index (χ3n) is 5.13. The molecule has 2 aromatic rings. The number of hydrogen-bond acceptors (Lipinski definition) is 7. The fraction of sp³-hybridized carbons (Fsp3) is 0.304. The van der Waals surface area contributed by atoms with Crippen LogP contribution in [0.1, 0.15) is 18.4 Å². The average molecular weight is 424 g/mol. The smallest absolute Gasteiger partial charge is 0.356 e. The van der Waals surface area contributed by atoms with E-state index in [1.165, 1.54) is 14.2 Å². The van der Waals surface area contributed by atoms with Crippen LogP contribution in [0.5, 0.6) is 5.75 Å². The zero-order valence-electron chi connectivity index (χ0n) is 17.3. The van der Waals surface area contributed by atoms with Crippen molar-refractivity contribution in [2.75, 3.05) is 20.8 Å². The summed E-state index contributed by atoms with van der Waals surface area (Å²) in [5.74, 6) is -0.944. The average Bonchev–Trinajstić information content (AvgIpc) is 3.15. The van der Waals surface area contributed by atoms with E-state index >= 15 is 0 Å². The van der Waals surface area contributed by atoms with Gasteiger partial charge in [-0.3, -0.25) is 15.0 Å². The van der Waals surface area contributed by atoms with E-state index in [0.717, 1.165) is 11.1 Å². The molecule has 8 nitrogen and oxygen atoms in total. The van der Waals surface area contributed by atoms with Gasteiger partial charge in [0.25, 0.3) is 0 Å². The number of ether oxygens (including phenoxy) is 3. The molecular weight excluding hydrogens is 400 g/mol. The van der Waals surface area contributed by atoms with Gasteiger partial charge in [-0.2, -0.15) is 0 Å². The minimum atomic E-state index is -0.677. The van der Waals surface area contributed by atoms with Crippen LogP contribution in [0, 0.1) is 11.3 Å². The maximum atomic E-state index is 12.0. The fourth-order valence-electron chi connectivity index (χ4n) is 3.39. The zero-order chi connectivity index (χ0) is 22.4. The Morgan fingerprint density at radius 3 is 2.19 bits per heavy atom. The lowest BCUT2D eigenvalue weighted by Gasteiger charge is -2.12. The molecule has 0 bridgehead atoms. The van der Waals surface area contributed by atoms with Crippen molar-refractivity contribution >= 4 is 23.6 Å². The number of hydrogen-bond donors (Lipinski definition) is 2. The van der Waals surface area contributed by atoms with E-state index in [4.69, 9.17) is 10.1 Å².